The van der Waals surface area contributed by atoms with Crippen LogP contribution in [0.25, 0.3) is 0 Å². The molecule has 0 saturated carbocycles. The number of aromatic nitrogens is 2. The first-order valence-electron chi connectivity index (χ1n) is 7.29. The molecule has 1 N–H and O–H groups in total. The molecule has 1 aromatic rings. The average Bonchev–Trinajstić information content (AvgIpc) is 2.98. The third kappa shape index (κ3) is 5.28. The van der Waals surface area contributed by atoms with Gasteiger partial charge in [0, 0.05) is 32.0 Å². The highest BCUT2D eigenvalue weighted by Crippen LogP contribution is 2.10. The maximum absolute atomic E-state index is 12.3. The van der Waals surface area contributed by atoms with Crippen molar-refractivity contribution in [1.82, 2.24) is 19.0 Å². The summed E-state index contributed by atoms with van der Waals surface area (Å²) in [5.74, 6) is -1.40. The summed E-state index contributed by atoms with van der Waals surface area (Å²) in [5, 5.41) is 12.8. The van der Waals surface area contributed by atoms with E-state index in [4.69, 9.17) is 9.84 Å². The van der Waals surface area contributed by atoms with Gasteiger partial charge < -0.3 is 14.7 Å². The van der Waals surface area contributed by atoms with E-state index < -0.39 is 28.6 Å². The predicted octanol–water partition coefficient (Wildman–Crippen LogP) is -1.54. The number of rotatable bonds is 7. The summed E-state index contributed by atoms with van der Waals surface area (Å²) >= 11 is 0. The van der Waals surface area contributed by atoms with Crippen LogP contribution in [0.3, 0.4) is 0 Å². The van der Waals surface area contributed by atoms with Gasteiger partial charge in [0.1, 0.15) is 13.1 Å². The van der Waals surface area contributed by atoms with E-state index in [9.17, 15) is 18.0 Å². The van der Waals surface area contributed by atoms with Crippen LogP contribution in [-0.4, -0.2) is 89.5 Å². The molecule has 2 heterocycles. The van der Waals surface area contributed by atoms with Crippen LogP contribution in [0.5, 0.6) is 0 Å². The van der Waals surface area contributed by atoms with Gasteiger partial charge >= 0.3 is 5.97 Å². The Labute approximate surface area is 139 Å². The normalized spacial score (nSPS) is 18.8. The molecule has 2 rings (SSSR count). The molecule has 11 heteroatoms. The van der Waals surface area contributed by atoms with E-state index in [-0.39, 0.29) is 32.1 Å². The number of amides is 1. The minimum atomic E-state index is -3.68. The Kier molecular flexibility index (Phi) is 5.91. The lowest BCUT2D eigenvalue weighted by Gasteiger charge is -2.34. The lowest BCUT2D eigenvalue weighted by molar-refractivity contribution is -0.141. The van der Waals surface area contributed by atoms with Gasteiger partial charge in [-0.1, -0.05) is 0 Å². The second-order valence-electron chi connectivity index (χ2n) is 5.49. The molecule has 1 aliphatic rings. The summed E-state index contributed by atoms with van der Waals surface area (Å²) in [4.78, 5) is 24.6. The van der Waals surface area contributed by atoms with Gasteiger partial charge in [-0.2, -0.15) is 9.40 Å². The van der Waals surface area contributed by atoms with Crippen LogP contribution in [0.15, 0.2) is 18.5 Å². The monoisotopic (exact) mass is 360 g/mol. The van der Waals surface area contributed by atoms with Crippen molar-refractivity contribution in [3.63, 3.8) is 0 Å². The van der Waals surface area contributed by atoms with Gasteiger partial charge in [0.15, 0.2) is 0 Å². The smallest absolute Gasteiger partial charge is 0.318 e. The van der Waals surface area contributed by atoms with Crippen molar-refractivity contribution in [2.75, 3.05) is 39.0 Å². The van der Waals surface area contributed by atoms with Crippen molar-refractivity contribution in [1.29, 1.82) is 0 Å². The zero-order chi connectivity index (χ0) is 17.7. The van der Waals surface area contributed by atoms with Crippen LogP contribution in [0.2, 0.25) is 0 Å². The lowest BCUT2D eigenvalue weighted by atomic mass is 10.2. The van der Waals surface area contributed by atoms with Gasteiger partial charge in [0.2, 0.25) is 15.9 Å². The number of carbonyl (C=O) groups is 2. The zero-order valence-corrected chi connectivity index (χ0v) is 14.1. The van der Waals surface area contributed by atoms with Gasteiger partial charge in [-0.15, -0.1) is 0 Å². The number of hydrogen-bond donors (Lipinski definition) is 1. The van der Waals surface area contributed by atoms with Crippen LogP contribution in [-0.2, 0) is 30.9 Å². The van der Waals surface area contributed by atoms with Gasteiger partial charge in [0.05, 0.1) is 19.0 Å². The topological polar surface area (TPSA) is 122 Å². The van der Waals surface area contributed by atoms with Gasteiger partial charge in [-0.25, -0.2) is 8.42 Å². The van der Waals surface area contributed by atoms with E-state index in [1.807, 2.05) is 0 Å². The summed E-state index contributed by atoms with van der Waals surface area (Å²) in [6.45, 7) is 0.196. The Balaban J connectivity index is 1.96. The molecular weight excluding hydrogens is 340 g/mol. The molecule has 0 radical (unpaired) electrons. The predicted molar refractivity (Wildman–Crippen MR) is 82.6 cm³/mol. The highest BCUT2D eigenvalue weighted by Gasteiger charge is 2.29. The first kappa shape index (κ1) is 18.4. The summed E-state index contributed by atoms with van der Waals surface area (Å²) in [5.41, 5.74) is 0. The molecule has 1 atom stereocenters. The number of carboxylic acid groups (broad SMARTS) is 1. The molecule has 0 spiro atoms. The Morgan fingerprint density at radius 1 is 1.46 bits per heavy atom. The first-order valence-corrected chi connectivity index (χ1v) is 9.14. The Morgan fingerprint density at radius 3 is 2.79 bits per heavy atom. The van der Waals surface area contributed by atoms with Crippen molar-refractivity contribution in [2.24, 2.45) is 0 Å². The molecule has 0 unspecified atom stereocenters. The van der Waals surface area contributed by atoms with Crippen molar-refractivity contribution in [2.45, 2.75) is 12.6 Å². The molecule has 24 heavy (non-hydrogen) atoms. The number of morpholine rings is 1. The molecule has 0 aliphatic carbocycles. The number of carbonyl (C=O) groups excluding carboxylic acids is 1. The first-order chi connectivity index (χ1) is 11.3. The Bertz CT molecular complexity index is 675. The summed E-state index contributed by atoms with van der Waals surface area (Å²) in [6, 6.07) is 1.71. The van der Waals surface area contributed by atoms with Gasteiger partial charge in [-0.05, 0) is 6.07 Å². The van der Waals surface area contributed by atoms with Crippen LogP contribution in [0, 0.1) is 0 Å². The van der Waals surface area contributed by atoms with Gasteiger partial charge in [0.25, 0.3) is 0 Å². The van der Waals surface area contributed by atoms with E-state index in [2.05, 4.69) is 5.10 Å². The fourth-order valence-corrected chi connectivity index (χ4v) is 3.17. The summed E-state index contributed by atoms with van der Waals surface area (Å²) in [6.07, 6.45) is 3.62. The SMILES string of the molecule is CS(=O)(=O)N(CC(=O)O)C[C@@H]1CN(C(=O)Cn2cccn2)CCO1. The molecule has 0 aromatic carbocycles. The van der Waals surface area contributed by atoms with E-state index in [0.717, 1.165) is 10.6 Å². The average molecular weight is 360 g/mol. The summed E-state index contributed by atoms with van der Waals surface area (Å²) < 4.78 is 31.2. The third-order valence-corrected chi connectivity index (χ3v) is 4.75. The third-order valence-electron chi connectivity index (χ3n) is 3.54. The number of ether oxygens (including phenoxy) is 1. The van der Waals surface area contributed by atoms with E-state index in [0.29, 0.717) is 6.54 Å². The maximum Gasteiger partial charge on any atom is 0.318 e. The number of aliphatic carboxylic acids is 1. The van der Waals surface area contributed by atoms with Crippen LogP contribution < -0.4 is 0 Å². The number of nitrogens with zero attached hydrogens (tertiary/aromatic N) is 4. The molecule has 1 saturated heterocycles. The van der Waals surface area contributed by atoms with Crippen molar-refractivity contribution in [3.05, 3.63) is 18.5 Å². The van der Waals surface area contributed by atoms with Crippen LogP contribution in [0.1, 0.15) is 0 Å². The number of sulfonamides is 1. The highest BCUT2D eigenvalue weighted by molar-refractivity contribution is 7.88. The molecule has 0 bridgehead atoms. The van der Waals surface area contributed by atoms with Crippen molar-refractivity contribution >= 4 is 21.9 Å². The van der Waals surface area contributed by atoms with Crippen LogP contribution >= 0.6 is 0 Å². The largest absolute Gasteiger partial charge is 0.480 e. The molecule has 1 aliphatic heterocycles. The van der Waals surface area contributed by atoms with Crippen molar-refractivity contribution < 1.29 is 27.9 Å². The van der Waals surface area contributed by atoms with Crippen molar-refractivity contribution in [3.8, 4) is 0 Å². The zero-order valence-electron chi connectivity index (χ0n) is 13.2. The molecular formula is C13H20N4O6S. The molecule has 1 fully saturated rings. The minimum Gasteiger partial charge on any atom is -0.480 e. The fourth-order valence-electron chi connectivity index (χ4n) is 2.38. The van der Waals surface area contributed by atoms with Crippen LogP contribution in [0.4, 0.5) is 0 Å². The molecule has 1 amide bonds. The van der Waals surface area contributed by atoms with E-state index >= 15 is 0 Å². The van der Waals surface area contributed by atoms with E-state index in [1.54, 1.807) is 23.4 Å². The second-order valence-corrected chi connectivity index (χ2v) is 7.47. The maximum atomic E-state index is 12.3. The Morgan fingerprint density at radius 2 is 2.21 bits per heavy atom. The minimum absolute atomic E-state index is 0.0879. The number of hydrogen-bond acceptors (Lipinski definition) is 6. The quantitative estimate of drug-likeness (QED) is 0.625. The van der Waals surface area contributed by atoms with E-state index in [1.165, 1.54) is 4.68 Å². The van der Waals surface area contributed by atoms with Gasteiger partial charge in [-0.3, -0.25) is 14.3 Å². The second kappa shape index (κ2) is 7.73. The lowest BCUT2D eigenvalue weighted by Crippen LogP contribution is -2.51. The Hall–Kier alpha value is -1.98. The standard InChI is InChI=1S/C13H20N4O6S/c1-24(21,22)17(10-13(19)20)8-11-7-15(5-6-23-11)12(18)9-16-4-2-3-14-16/h2-4,11H,5-10H2,1H3,(H,19,20)/t11-/m0/s1. The highest BCUT2D eigenvalue weighted by atomic mass is 32.2. The number of carboxylic acids is 1. The molecule has 1 aromatic heterocycles. The molecule has 134 valence electrons. The molecule has 10 nitrogen and oxygen atoms in total. The summed E-state index contributed by atoms with van der Waals surface area (Å²) in [7, 11) is -3.68. The fraction of sp³-hybridized carbons (Fsp3) is 0.615.